The molecule has 1 fully saturated rings. The lowest BCUT2D eigenvalue weighted by atomic mass is 9.95. The van der Waals surface area contributed by atoms with E-state index in [-0.39, 0.29) is 11.8 Å². The molecule has 1 aromatic carbocycles. The van der Waals surface area contributed by atoms with E-state index in [9.17, 15) is 10.2 Å². The summed E-state index contributed by atoms with van der Waals surface area (Å²) in [5, 5.41) is 25.0. The number of phenolic OH excluding ortho intramolecular Hbond substituents is 1. The predicted octanol–water partition coefficient (Wildman–Crippen LogP) is 4.47. The van der Waals surface area contributed by atoms with Gasteiger partial charge >= 0.3 is 0 Å². The minimum Gasteiger partial charge on any atom is -0.516 e. The van der Waals surface area contributed by atoms with Crippen LogP contribution in [0, 0.1) is 0 Å². The number of pyridine rings is 1. The van der Waals surface area contributed by atoms with E-state index >= 15 is 0 Å². The maximum absolute atomic E-state index is 9.80. The highest BCUT2D eigenvalue weighted by Crippen LogP contribution is 2.31. The van der Waals surface area contributed by atoms with Gasteiger partial charge in [-0.25, -0.2) is 0 Å². The standard InChI is InChI=1S/C30H37ClN4O2/c1-4-6-25(7-5-22-36)30(26-9-11-27(37)12-10-26)35-20-18-34(19-21-35)17-16-33-29-14-15-32-24(3)28(29)13-8-23(2)31/h4-15,22,30,33,36-37H,3,16-21H2,1-2H3/b6-4-,22-5+,23-8+,25-7+,28-13+. The number of aliphatic hydroxyl groups excluding tert-OH is 1. The first-order chi connectivity index (χ1) is 17.9. The summed E-state index contributed by atoms with van der Waals surface area (Å²) in [6, 6.07) is 9.39. The first kappa shape index (κ1) is 28.3. The van der Waals surface area contributed by atoms with Crippen LogP contribution in [0.1, 0.15) is 25.5 Å². The van der Waals surface area contributed by atoms with E-state index in [1.165, 1.54) is 0 Å². The summed E-state index contributed by atoms with van der Waals surface area (Å²) in [7, 11) is 0. The Bertz CT molecular complexity index is 1240. The highest BCUT2D eigenvalue weighted by molar-refractivity contribution is 6.29. The zero-order valence-corrected chi connectivity index (χ0v) is 22.4. The van der Waals surface area contributed by atoms with Crippen LogP contribution in [0.25, 0.3) is 12.7 Å². The van der Waals surface area contributed by atoms with Gasteiger partial charge in [-0.2, -0.15) is 0 Å². The number of nitrogens with one attached hydrogen (secondary N) is 1. The molecular formula is C30H37ClN4O2. The molecule has 6 nitrogen and oxygen atoms in total. The summed E-state index contributed by atoms with van der Waals surface area (Å²) in [5.74, 6) is 0.251. The molecule has 1 aliphatic heterocycles. The number of aromatic hydroxyl groups is 1. The number of piperazine rings is 1. The molecule has 3 rings (SSSR count). The molecule has 1 saturated heterocycles. The third-order valence-corrected chi connectivity index (χ3v) is 6.45. The largest absolute Gasteiger partial charge is 0.516 e. The van der Waals surface area contributed by atoms with Crippen molar-refractivity contribution in [1.29, 1.82) is 0 Å². The maximum atomic E-state index is 9.80. The zero-order valence-electron chi connectivity index (χ0n) is 21.6. The quantitative estimate of drug-likeness (QED) is 0.317. The lowest BCUT2D eigenvalue weighted by molar-refractivity contribution is 0.112. The van der Waals surface area contributed by atoms with Crippen LogP contribution in [0.5, 0.6) is 5.75 Å². The SMILES string of the molecule is C=c1nccc(NCCN2CCN(C(C(/C=C\C)=C/C=C/O)c3ccc(O)cc3)CC2)/c1=C/C=C(\C)Cl. The molecule has 0 aliphatic carbocycles. The third-order valence-electron chi connectivity index (χ3n) is 6.33. The number of benzene rings is 1. The van der Waals surface area contributed by atoms with Crippen molar-refractivity contribution in [2.24, 2.45) is 0 Å². The van der Waals surface area contributed by atoms with Gasteiger partial charge in [-0.05, 0) is 61.4 Å². The molecular weight excluding hydrogens is 484 g/mol. The highest BCUT2D eigenvalue weighted by atomic mass is 35.5. The second-order valence-electron chi connectivity index (χ2n) is 8.95. The molecule has 2 aromatic rings. The summed E-state index contributed by atoms with van der Waals surface area (Å²) < 4.78 is 0. The minimum absolute atomic E-state index is 0.0251. The van der Waals surface area contributed by atoms with Gasteiger partial charge in [0.25, 0.3) is 0 Å². The number of halogens is 1. The van der Waals surface area contributed by atoms with E-state index in [0.717, 1.165) is 67.6 Å². The molecule has 3 N–H and O–H groups in total. The molecule has 196 valence electrons. The molecule has 0 bridgehead atoms. The number of nitrogens with zero attached hydrogens (tertiary/aromatic N) is 3. The van der Waals surface area contributed by atoms with Crippen molar-refractivity contribution in [3.63, 3.8) is 0 Å². The number of hydrogen-bond donors (Lipinski definition) is 3. The Kier molecular flexibility index (Phi) is 11.0. The van der Waals surface area contributed by atoms with Crippen molar-refractivity contribution in [3.8, 4) is 5.75 Å². The van der Waals surface area contributed by atoms with E-state index < -0.39 is 0 Å². The number of aromatic nitrogens is 1. The fourth-order valence-corrected chi connectivity index (χ4v) is 4.57. The van der Waals surface area contributed by atoms with Crippen molar-refractivity contribution in [3.05, 3.63) is 99.9 Å². The van der Waals surface area contributed by atoms with Gasteiger partial charge in [0.05, 0.1) is 17.7 Å². The Hall–Kier alpha value is -3.32. The monoisotopic (exact) mass is 520 g/mol. The molecule has 0 amide bonds. The number of allylic oxidation sites excluding steroid dienone is 5. The minimum atomic E-state index is 0.0251. The van der Waals surface area contributed by atoms with E-state index in [1.54, 1.807) is 24.4 Å². The van der Waals surface area contributed by atoms with Gasteiger partial charge in [0.2, 0.25) is 0 Å². The first-order valence-electron chi connectivity index (χ1n) is 12.5. The fraction of sp³-hybridized carbons (Fsp3) is 0.300. The average molecular weight is 521 g/mol. The van der Waals surface area contributed by atoms with Crippen molar-refractivity contribution in [2.45, 2.75) is 19.9 Å². The summed E-state index contributed by atoms with van der Waals surface area (Å²) >= 11 is 6.01. The number of rotatable bonds is 10. The second-order valence-corrected chi connectivity index (χ2v) is 9.54. The van der Waals surface area contributed by atoms with Gasteiger partial charge in [-0.1, -0.05) is 48.5 Å². The zero-order chi connectivity index (χ0) is 26.6. The molecule has 0 radical (unpaired) electrons. The van der Waals surface area contributed by atoms with Crippen LogP contribution < -0.4 is 15.9 Å². The van der Waals surface area contributed by atoms with Gasteiger partial charge in [-0.15, -0.1) is 0 Å². The van der Waals surface area contributed by atoms with Gasteiger partial charge < -0.3 is 15.5 Å². The number of phenols is 1. The van der Waals surface area contributed by atoms with Gasteiger partial charge in [-0.3, -0.25) is 14.8 Å². The van der Waals surface area contributed by atoms with Gasteiger partial charge in [0.1, 0.15) is 5.75 Å². The summed E-state index contributed by atoms with van der Waals surface area (Å²) in [6.45, 7) is 13.3. The van der Waals surface area contributed by atoms with E-state index in [1.807, 2.05) is 56.4 Å². The van der Waals surface area contributed by atoms with Crippen molar-refractivity contribution < 1.29 is 10.2 Å². The molecule has 1 unspecified atom stereocenters. The van der Waals surface area contributed by atoms with Gasteiger partial charge in [0, 0.05) is 61.4 Å². The number of hydrogen-bond acceptors (Lipinski definition) is 6. The van der Waals surface area contributed by atoms with Crippen LogP contribution in [-0.4, -0.2) is 64.3 Å². The molecule has 7 heteroatoms. The topological polar surface area (TPSA) is 71.9 Å². The fourth-order valence-electron chi connectivity index (χ4n) is 4.50. The van der Waals surface area contributed by atoms with Crippen LogP contribution in [0.3, 0.4) is 0 Å². The molecule has 1 aliphatic rings. The Morgan fingerprint density at radius 3 is 2.54 bits per heavy atom. The predicted molar refractivity (Wildman–Crippen MR) is 155 cm³/mol. The van der Waals surface area contributed by atoms with E-state index in [2.05, 4.69) is 32.8 Å². The van der Waals surface area contributed by atoms with E-state index in [0.29, 0.717) is 10.4 Å². The lowest BCUT2D eigenvalue weighted by Crippen LogP contribution is -2.49. The normalized spacial score (nSPS) is 17.6. The average Bonchev–Trinajstić information content (AvgIpc) is 2.89. The van der Waals surface area contributed by atoms with Crippen molar-refractivity contribution >= 4 is 29.9 Å². The highest BCUT2D eigenvalue weighted by Gasteiger charge is 2.26. The number of anilines is 1. The molecule has 0 spiro atoms. The van der Waals surface area contributed by atoms with Crippen LogP contribution in [0.2, 0.25) is 0 Å². The summed E-state index contributed by atoms with van der Waals surface area (Å²) in [6.07, 6.45) is 14.3. The van der Waals surface area contributed by atoms with Crippen molar-refractivity contribution in [1.82, 2.24) is 14.8 Å². The second kappa shape index (κ2) is 14.4. The summed E-state index contributed by atoms with van der Waals surface area (Å²) in [4.78, 5) is 9.22. The van der Waals surface area contributed by atoms with Crippen LogP contribution in [0.4, 0.5) is 5.69 Å². The van der Waals surface area contributed by atoms with Crippen LogP contribution in [-0.2, 0) is 0 Å². The molecule has 0 saturated carbocycles. The first-order valence-corrected chi connectivity index (χ1v) is 12.9. The molecule has 2 heterocycles. The maximum Gasteiger partial charge on any atom is 0.115 e. The number of aliphatic hydroxyl groups is 1. The third kappa shape index (κ3) is 8.35. The Morgan fingerprint density at radius 2 is 1.89 bits per heavy atom. The molecule has 37 heavy (non-hydrogen) atoms. The Morgan fingerprint density at radius 1 is 1.16 bits per heavy atom. The Balaban J connectivity index is 1.67. The van der Waals surface area contributed by atoms with Crippen LogP contribution >= 0.6 is 11.6 Å². The smallest absolute Gasteiger partial charge is 0.115 e. The lowest BCUT2D eigenvalue weighted by Gasteiger charge is -2.40. The molecule has 1 atom stereocenters. The van der Waals surface area contributed by atoms with Crippen molar-refractivity contribution in [2.75, 3.05) is 44.6 Å². The molecule has 1 aromatic heterocycles. The van der Waals surface area contributed by atoms with E-state index in [4.69, 9.17) is 11.6 Å². The van der Waals surface area contributed by atoms with Crippen LogP contribution in [0.15, 0.2) is 83.8 Å². The Labute approximate surface area is 224 Å². The summed E-state index contributed by atoms with van der Waals surface area (Å²) in [5.41, 5.74) is 3.19. The van der Waals surface area contributed by atoms with Gasteiger partial charge in [0.15, 0.2) is 0 Å².